The van der Waals surface area contributed by atoms with Gasteiger partial charge in [-0.15, -0.1) is 0 Å². The number of hydrogen-bond donors (Lipinski definition) is 2. The molecule has 0 saturated carbocycles. The molecule has 0 amide bonds. The number of carbonyl (C=O) groups is 1. The Balaban J connectivity index is 1.91. The van der Waals surface area contributed by atoms with Gasteiger partial charge in [-0.1, -0.05) is 18.2 Å². The number of aromatic amines is 1. The summed E-state index contributed by atoms with van der Waals surface area (Å²) in [6.45, 7) is 1.56. The van der Waals surface area contributed by atoms with E-state index in [0.717, 1.165) is 27.8 Å². The van der Waals surface area contributed by atoms with Crippen molar-refractivity contribution >= 4 is 28.2 Å². The van der Waals surface area contributed by atoms with Crippen molar-refractivity contribution in [3.8, 4) is 17.0 Å². The average molecular weight is 358 g/mol. The normalized spacial score (nSPS) is 10.7. The molecule has 2 aromatic carbocycles. The van der Waals surface area contributed by atoms with E-state index in [0.29, 0.717) is 17.2 Å². The molecular weight excluding hydrogens is 340 g/mol. The van der Waals surface area contributed by atoms with Crippen LogP contribution in [0.15, 0.2) is 60.8 Å². The van der Waals surface area contributed by atoms with E-state index in [-0.39, 0.29) is 5.78 Å². The van der Waals surface area contributed by atoms with Crippen LogP contribution in [0.2, 0.25) is 0 Å². The number of nitrogens with zero attached hydrogens (tertiary/aromatic N) is 2. The third-order valence-corrected chi connectivity index (χ3v) is 4.34. The number of ketones is 1. The van der Waals surface area contributed by atoms with Crippen LogP contribution in [-0.2, 0) is 0 Å². The van der Waals surface area contributed by atoms with Gasteiger partial charge in [-0.05, 0) is 42.6 Å². The number of benzene rings is 2. The number of nitrogens with one attached hydrogen (secondary N) is 2. The van der Waals surface area contributed by atoms with Crippen molar-refractivity contribution in [3.63, 3.8) is 0 Å². The van der Waals surface area contributed by atoms with Crippen molar-refractivity contribution in [2.75, 3.05) is 12.4 Å². The van der Waals surface area contributed by atoms with Gasteiger partial charge in [0.05, 0.1) is 12.8 Å². The van der Waals surface area contributed by atoms with Crippen LogP contribution >= 0.6 is 0 Å². The molecule has 0 saturated heterocycles. The Kier molecular flexibility index (Phi) is 4.30. The van der Waals surface area contributed by atoms with E-state index >= 15 is 0 Å². The molecule has 0 spiro atoms. The largest absolute Gasteiger partial charge is 0.497 e. The van der Waals surface area contributed by atoms with Gasteiger partial charge in [0.1, 0.15) is 11.6 Å². The summed E-state index contributed by atoms with van der Waals surface area (Å²) in [5.41, 5.74) is 2.32. The zero-order chi connectivity index (χ0) is 18.8. The monoisotopic (exact) mass is 358 g/mol. The fraction of sp³-hybridized carbons (Fsp3) is 0.0952. The quantitative estimate of drug-likeness (QED) is 0.511. The Morgan fingerprint density at radius 1 is 1.07 bits per heavy atom. The van der Waals surface area contributed by atoms with E-state index in [1.807, 2.05) is 54.6 Å². The van der Waals surface area contributed by atoms with Crippen LogP contribution < -0.4 is 10.1 Å². The average Bonchev–Trinajstić information content (AvgIpc) is 3.20. The molecule has 2 heterocycles. The summed E-state index contributed by atoms with van der Waals surface area (Å²) < 4.78 is 5.36. The number of anilines is 2. The first kappa shape index (κ1) is 16.8. The molecule has 0 atom stereocenters. The molecule has 0 aliphatic rings. The third kappa shape index (κ3) is 3.37. The minimum absolute atomic E-state index is 0.0219. The van der Waals surface area contributed by atoms with Crippen molar-refractivity contribution in [1.29, 1.82) is 0 Å². The summed E-state index contributed by atoms with van der Waals surface area (Å²) in [6, 6.07) is 17.1. The van der Waals surface area contributed by atoms with E-state index in [9.17, 15) is 4.79 Å². The molecule has 4 rings (SSSR count). The lowest BCUT2D eigenvalue weighted by atomic mass is 10.0. The molecule has 134 valence electrons. The number of rotatable bonds is 5. The topological polar surface area (TPSA) is 79.9 Å². The number of ether oxygens (including phenoxy) is 1. The van der Waals surface area contributed by atoms with Crippen LogP contribution in [0.3, 0.4) is 0 Å². The van der Waals surface area contributed by atoms with Crippen LogP contribution in [0.4, 0.5) is 11.6 Å². The first-order valence-corrected chi connectivity index (χ1v) is 8.51. The molecular formula is C21H18N4O2. The Morgan fingerprint density at radius 2 is 1.96 bits per heavy atom. The number of aromatic nitrogens is 3. The summed E-state index contributed by atoms with van der Waals surface area (Å²) in [4.78, 5) is 16.6. The standard InChI is InChI=1S/C21H18N4O2/c1-13(26)14-4-3-5-15(10-14)21-18-7-6-17(27-2)11-16(18)12-20(24-21)23-19-8-9-22-25-19/h3-12H,1-2H3,(H2,22,23,24,25). The summed E-state index contributed by atoms with van der Waals surface area (Å²) in [7, 11) is 1.64. The lowest BCUT2D eigenvalue weighted by Crippen LogP contribution is -1.98. The van der Waals surface area contributed by atoms with E-state index < -0.39 is 0 Å². The van der Waals surface area contributed by atoms with Crippen LogP contribution in [-0.4, -0.2) is 28.1 Å². The summed E-state index contributed by atoms with van der Waals surface area (Å²) in [5.74, 6) is 2.12. The maximum atomic E-state index is 11.8. The van der Waals surface area contributed by atoms with Gasteiger partial charge in [0.25, 0.3) is 0 Å². The van der Waals surface area contributed by atoms with Crippen molar-refractivity contribution in [2.24, 2.45) is 0 Å². The molecule has 2 aromatic heterocycles. The number of Topliss-reactive ketones (excluding diaryl/α,β-unsaturated/α-hetero) is 1. The van der Waals surface area contributed by atoms with Gasteiger partial charge in [0.15, 0.2) is 11.6 Å². The number of pyridine rings is 1. The number of fused-ring (bicyclic) bond motifs is 1. The maximum Gasteiger partial charge on any atom is 0.159 e. The predicted octanol–water partition coefficient (Wildman–Crippen LogP) is 4.58. The fourth-order valence-corrected chi connectivity index (χ4v) is 2.99. The van der Waals surface area contributed by atoms with Crippen LogP contribution in [0.5, 0.6) is 5.75 Å². The van der Waals surface area contributed by atoms with Gasteiger partial charge in [-0.2, -0.15) is 5.10 Å². The minimum Gasteiger partial charge on any atom is -0.497 e. The van der Waals surface area contributed by atoms with E-state index in [2.05, 4.69) is 15.5 Å². The Hall–Kier alpha value is -3.67. The Morgan fingerprint density at radius 3 is 2.70 bits per heavy atom. The Labute approximate surface area is 156 Å². The van der Waals surface area contributed by atoms with Gasteiger partial charge in [-0.25, -0.2) is 4.98 Å². The van der Waals surface area contributed by atoms with Gasteiger partial charge in [-0.3, -0.25) is 9.89 Å². The molecule has 0 aliphatic carbocycles. The SMILES string of the molecule is COc1ccc2c(-c3cccc(C(C)=O)c3)nc(Nc3cc[nH]n3)cc2c1. The second kappa shape index (κ2) is 6.92. The molecule has 0 radical (unpaired) electrons. The minimum atomic E-state index is 0.0219. The van der Waals surface area contributed by atoms with E-state index in [4.69, 9.17) is 9.72 Å². The highest BCUT2D eigenvalue weighted by atomic mass is 16.5. The maximum absolute atomic E-state index is 11.8. The van der Waals surface area contributed by atoms with E-state index in [1.165, 1.54) is 0 Å². The molecule has 0 unspecified atom stereocenters. The van der Waals surface area contributed by atoms with Crippen LogP contribution in [0, 0.1) is 0 Å². The number of H-pyrrole nitrogens is 1. The summed E-state index contributed by atoms with van der Waals surface area (Å²) >= 11 is 0. The Bertz CT molecular complexity index is 1120. The van der Waals surface area contributed by atoms with E-state index in [1.54, 1.807) is 20.2 Å². The van der Waals surface area contributed by atoms with Gasteiger partial charge >= 0.3 is 0 Å². The number of hydrogen-bond acceptors (Lipinski definition) is 5. The molecule has 2 N–H and O–H groups in total. The molecule has 27 heavy (non-hydrogen) atoms. The molecule has 4 aromatic rings. The second-order valence-electron chi connectivity index (χ2n) is 6.16. The highest BCUT2D eigenvalue weighted by Crippen LogP contribution is 2.32. The molecule has 6 heteroatoms. The van der Waals surface area contributed by atoms with Gasteiger partial charge < -0.3 is 10.1 Å². The van der Waals surface area contributed by atoms with Crippen LogP contribution in [0.25, 0.3) is 22.0 Å². The summed E-state index contributed by atoms with van der Waals surface area (Å²) in [5, 5.41) is 12.0. The zero-order valence-corrected chi connectivity index (χ0v) is 15.0. The van der Waals surface area contributed by atoms with Crippen molar-refractivity contribution in [3.05, 3.63) is 66.4 Å². The zero-order valence-electron chi connectivity index (χ0n) is 15.0. The molecule has 0 aliphatic heterocycles. The number of methoxy groups -OCH3 is 1. The highest BCUT2D eigenvalue weighted by molar-refractivity contribution is 6.00. The van der Waals surface area contributed by atoms with Gasteiger partial charge in [0, 0.05) is 28.8 Å². The third-order valence-electron chi connectivity index (χ3n) is 4.34. The molecule has 6 nitrogen and oxygen atoms in total. The first-order valence-electron chi connectivity index (χ1n) is 8.51. The van der Waals surface area contributed by atoms with Crippen LogP contribution in [0.1, 0.15) is 17.3 Å². The van der Waals surface area contributed by atoms with Crippen molar-refractivity contribution < 1.29 is 9.53 Å². The fourth-order valence-electron chi connectivity index (χ4n) is 2.99. The highest BCUT2D eigenvalue weighted by Gasteiger charge is 2.12. The lowest BCUT2D eigenvalue weighted by Gasteiger charge is -2.12. The summed E-state index contributed by atoms with van der Waals surface area (Å²) in [6.07, 6.45) is 1.74. The van der Waals surface area contributed by atoms with Gasteiger partial charge in [0.2, 0.25) is 0 Å². The second-order valence-corrected chi connectivity index (χ2v) is 6.16. The number of carbonyl (C=O) groups excluding carboxylic acids is 1. The van der Waals surface area contributed by atoms with Crippen molar-refractivity contribution in [1.82, 2.24) is 15.2 Å². The molecule has 0 bridgehead atoms. The predicted molar refractivity (Wildman–Crippen MR) is 106 cm³/mol. The molecule has 0 fully saturated rings. The lowest BCUT2D eigenvalue weighted by molar-refractivity contribution is 0.101. The first-order chi connectivity index (χ1) is 13.1. The van der Waals surface area contributed by atoms with Crippen molar-refractivity contribution in [2.45, 2.75) is 6.92 Å². The smallest absolute Gasteiger partial charge is 0.159 e.